The van der Waals surface area contributed by atoms with Crippen molar-refractivity contribution in [2.24, 2.45) is 0 Å². The van der Waals surface area contributed by atoms with Gasteiger partial charge in [0.2, 0.25) is 5.91 Å². The van der Waals surface area contributed by atoms with Gasteiger partial charge < -0.3 is 5.32 Å². The lowest BCUT2D eigenvalue weighted by molar-refractivity contribution is -0.117. The lowest BCUT2D eigenvalue weighted by Crippen LogP contribution is -2.44. The highest BCUT2D eigenvalue weighted by molar-refractivity contribution is 5.91. The topological polar surface area (TPSA) is 32.3 Å². The molecule has 0 aliphatic carbocycles. The van der Waals surface area contributed by atoms with E-state index >= 15 is 0 Å². The summed E-state index contributed by atoms with van der Waals surface area (Å²) in [5.41, 5.74) is 0.881. The van der Waals surface area contributed by atoms with E-state index in [1.807, 2.05) is 30.3 Å². The first-order valence-corrected chi connectivity index (χ1v) is 7.27. The average molecular weight is 260 g/mol. The van der Waals surface area contributed by atoms with E-state index in [2.05, 4.69) is 24.1 Å². The second kappa shape index (κ2) is 6.71. The first-order chi connectivity index (χ1) is 9.16. The molecule has 0 bridgehead atoms. The number of likely N-dealkylation sites (tertiary alicyclic amines) is 1. The summed E-state index contributed by atoms with van der Waals surface area (Å²) in [4.78, 5) is 14.5. The molecule has 2 atom stereocenters. The minimum absolute atomic E-state index is 0.108. The molecule has 0 spiro atoms. The molecule has 1 aliphatic heterocycles. The van der Waals surface area contributed by atoms with Gasteiger partial charge in [-0.15, -0.1) is 0 Å². The molecule has 3 nitrogen and oxygen atoms in total. The monoisotopic (exact) mass is 260 g/mol. The number of para-hydroxylation sites is 1. The second-order valence-electron chi connectivity index (χ2n) is 5.55. The third-order valence-corrected chi connectivity index (χ3v) is 3.96. The number of benzene rings is 1. The molecule has 1 aliphatic rings. The summed E-state index contributed by atoms with van der Waals surface area (Å²) in [7, 11) is 0. The number of hydrogen-bond donors (Lipinski definition) is 1. The molecule has 2 unspecified atom stereocenters. The van der Waals surface area contributed by atoms with Crippen LogP contribution in [0, 0.1) is 0 Å². The van der Waals surface area contributed by atoms with Crippen molar-refractivity contribution in [2.75, 3.05) is 11.9 Å². The van der Waals surface area contributed by atoms with Gasteiger partial charge in [-0.3, -0.25) is 9.69 Å². The third kappa shape index (κ3) is 4.06. The molecule has 1 aromatic carbocycles. The van der Waals surface area contributed by atoms with E-state index in [1.165, 1.54) is 19.3 Å². The Balaban J connectivity index is 1.84. The Hall–Kier alpha value is -1.35. The van der Waals surface area contributed by atoms with Gasteiger partial charge in [-0.25, -0.2) is 0 Å². The van der Waals surface area contributed by atoms with Crippen molar-refractivity contribution in [1.29, 1.82) is 0 Å². The number of carbonyl (C=O) groups excluding carboxylic acids is 1. The fourth-order valence-electron chi connectivity index (χ4n) is 2.89. The normalized spacial score (nSPS) is 21.9. The quantitative estimate of drug-likeness (QED) is 0.901. The molecule has 1 amide bonds. The van der Waals surface area contributed by atoms with E-state index in [0.717, 1.165) is 12.2 Å². The lowest BCUT2D eigenvalue weighted by atomic mass is 10.0. The van der Waals surface area contributed by atoms with Crippen molar-refractivity contribution >= 4 is 11.6 Å². The summed E-state index contributed by atoms with van der Waals surface area (Å²) in [5.74, 6) is 0.108. The number of carbonyl (C=O) groups is 1. The van der Waals surface area contributed by atoms with Crippen molar-refractivity contribution in [3.8, 4) is 0 Å². The first kappa shape index (κ1) is 14.1. The number of rotatable bonds is 4. The summed E-state index contributed by atoms with van der Waals surface area (Å²) < 4.78 is 0. The Kier molecular flexibility index (Phi) is 4.97. The molecule has 1 N–H and O–H groups in total. The van der Waals surface area contributed by atoms with Crippen molar-refractivity contribution in [2.45, 2.75) is 51.6 Å². The van der Waals surface area contributed by atoms with Gasteiger partial charge in [-0.05, 0) is 45.4 Å². The summed E-state index contributed by atoms with van der Waals surface area (Å²) in [6, 6.07) is 10.6. The Morgan fingerprint density at radius 1 is 1.37 bits per heavy atom. The molecular formula is C16H24N2O. The zero-order valence-corrected chi connectivity index (χ0v) is 11.9. The highest BCUT2D eigenvalue weighted by atomic mass is 16.1. The number of anilines is 1. The average Bonchev–Trinajstić information content (AvgIpc) is 2.40. The Morgan fingerprint density at radius 3 is 2.79 bits per heavy atom. The molecule has 104 valence electrons. The van der Waals surface area contributed by atoms with Gasteiger partial charge in [-0.2, -0.15) is 0 Å². The Bertz CT molecular complexity index is 404. The van der Waals surface area contributed by atoms with Crippen LogP contribution in [0.4, 0.5) is 5.69 Å². The standard InChI is InChI=1S/C16H24N2O/c1-13-8-6-7-11-18(13)14(2)12-16(19)17-15-9-4-3-5-10-15/h3-5,9-10,13-14H,6-8,11-12H2,1-2H3,(H,17,19). The van der Waals surface area contributed by atoms with Gasteiger partial charge in [0, 0.05) is 24.2 Å². The summed E-state index contributed by atoms with van der Waals surface area (Å²) in [6.45, 7) is 5.55. The molecule has 1 fully saturated rings. The van der Waals surface area contributed by atoms with E-state index in [4.69, 9.17) is 0 Å². The van der Waals surface area contributed by atoms with Crippen molar-refractivity contribution in [3.63, 3.8) is 0 Å². The Labute approximate surface area is 116 Å². The van der Waals surface area contributed by atoms with Crippen LogP contribution in [0.2, 0.25) is 0 Å². The molecule has 1 heterocycles. The van der Waals surface area contributed by atoms with Gasteiger partial charge in [0.05, 0.1) is 0 Å². The molecule has 19 heavy (non-hydrogen) atoms. The molecule has 0 aromatic heterocycles. The molecule has 2 rings (SSSR count). The van der Waals surface area contributed by atoms with Crippen molar-refractivity contribution < 1.29 is 4.79 Å². The van der Waals surface area contributed by atoms with Gasteiger partial charge in [0.1, 0.15) is 0 Å². The lowest BCUT2D eigenvalue weighted by Gasteiger charge is -2.37. The van der Waals surface area contributed by atoms with Crippen LogP contribution < -0.4 is 5.32 Å². The predicted molar refractivity (Wildman–Crippen MR) is 79.2 cm³/mol. The summed E-state index contributed by atoms with van der Waals surface area (Å²) in [5, 5.41) is 2.96. The summed E-state index contributed by atoms with van der Waals surface area (Å²) >= 11 is 0. The van der Waals surface area contributed by atoms with Gasteiger partial charge in [0.15, 0.2) is 0 Å². The zero-order valence-electron chi connectivity index (χ0n) is 11.9. The highest BCUT2D eigenvalue weighted by Gasteiger charge is 2.24. The number of nitrogens with zero attached hydrogens (tertiary/aromatic N) is 1. The van der Waals surface area contributed by atoms with Crippen LogP contribution in [-0.2, 0) is 4.79 Å². The number of piperidine rings is 1. The fourth-order valence-corrected chi connectivity index (χ4v) is 2.89. The maximum atomic E-state index is 12.0. The van der Waals surface area contributed by atoms with Crippen LogP contribution in [0.5, 0.6) is 0 Å². The van der Waals surface area contributed by atoms with Gasteiger partial charge in [0.25, 0.3) is 0 Å². The maximum absolute atomic E-state index is 12.0. The van der Waals surface area contributed by atoms with Crippen LogP contribution in [-0.4, -0.2) is 29.4 Å². The predicted octanol–water partition coefficient (Wildman–Crippen LogP) is 3.28. The first-order valence-electron chi connectivity index (χ1n) is 7.27. The van der Waals surface area contributed by atoms with E-state index in [0.29, 0.717) is 18.5 Å². The molecule has 0 saturated carbocycles. The van der Waals surface area contributed by atoms with Gasteiger partial charge in [-0.1, -0.05) is 24.6 Å². The minimum atomic E-state index is 0.108. The number of amides is 1. The fraction of sp³-hybridized carbons (Fsp3) is 0.562. The van der Waals surface area contributed by atoms with E-state index in [1.54, 1.807) is 0 Å². The van der Waals surface area contributed by atoms with E-state index < -0.39 is 0 Å². The molecular weight excluding hydrogens is 236 g/mol. The molecule has 1 saturated heterocycles. The second-order valence-corrected chi connectivity index (χ2v) is 5.55. The molecule has 1 aromatic rings. The zero-order chi connectivity index (χ0) is 13.7. The van der Waals surface area contributed by atoms with Crippen molar-refractivity contribution in [1.82, 2.24) is 4.90 Å². The molecule has 0 radical (unpaired) electrons. The van der Waals surface area contributed by atoms with E-state index in [9.17, 15) is 4.79 Å². The number of nitrogens with one attached hydrogen (secondary N) is 1. The Morgan fingerprint density at radius 2 is 2.11 bits per heavy atom. The van der Waals surface area contributed by atoms with Crippen LogP contribution in [0.3, 0.4) is 0 Å². The maximum Gasteiger partial charge on any atom is 0.225 e. The number of hydrogen-bond acceptors (Lipinski definition) is 2. The highest BCUT2D eigenvalue weighted by Crippen LogP contribution is 2.20. The van der Waals surface area contributed by atoms with E-state index in [-0.39, 0.29) is 5.91 Å². The smallest absolute Gasteiger partial charge is 0.225 e. The largest absolute Gasteiger partial charge is 0.326 e. The van der Waals surface area contributed by atoms with Crippen LogP contribution >= 0.6 is 0 Å². The van der Waals surface area contributed by atoms with Crippen LogP contribution in [0.15, 0.2) is 30.3 Å². The minimum Gasteiger partial charge on any atom is -0.326 e. The summed E-state index contributed by atoms with van der Waals surface area (Å²) in [6.07, 6.45) is 4.40. The van der Waals surface area contributed by atoms with Crippen molar-refractivity contribution in [3.05, 3.63) is 30.3 Å². The van der Waals surface area contributed by atoms with Gasteiger partial charge >= 0.3 is 0 Å². The van der Waals surface area contributed by atoms with Crippen LogP contribution in [0.25, 0.3) is 0 Å². The third-order valence-electron chi connectivity index (χ3n) is 3.96. The molecule has 3 heteroatoms. The van der Waals surface area contributed by atoms with Crippen LogP contribution in [0.1, 0.15) is 39.5 Å². The SMILES string of the molecule is CC1CCCCN1C(C)CC(=O)Nc1ccccc1.